The third-order valence-electron chi connectivity index (χ3n) is 5.21. The van der Waals surface area contributed by atoms with Crippen molar-refractivity contribution in [3.63, 3.8) is 0 Å². The lowest BCUT2D eigenvalue weighted by atomic mass is 9.85. The molecule has 0 radical (unpaired) electrons. The number of nitrogens with one attached hydrogen (secondary N) is 1. The Hall–Kier alpha value is -1.32. The normalized spacial score (nSPS) is 25.7. The molecule has 2 fully saturated rings. The largest absolute Gasteiger partial charge is 0.373 e. The molecular weight excluding hydrogens is 260 g/mol. The molecule has 1 heterocycles. The van der Waals surface area contributed by atoms with Gasteiger partial charge in [-0.05, 0) is 38.5 Å². The summed E-state index contributed by atoms with van der Waals surface area (Å²) in [5.74, 6) is 4.51. The molecule has 2 saturated carbocycles. The van der Waals surface area contributed by atoms with Crippen LogP contribution in [0.15, 0.2) is 0 Å². The smallest absolute Gasteiger partial charge is 0.137 e. The second kappa shape index (κ2) is 5.82. The Labute approximate surface area is 128 Å². The van der Waals surface area contributed by atoms with Gasteiger partial charge in [0.25, 0.3) is 0 Å². The van der Waals surface area contributed by atoms with Crippen LogP contribution in [0.5, 0.6) is 0 Å². The first-order chi connectivity index (χ1) is 10.1. The molecule has 116 valence electrons. The van der Waals surface area contributed by atoms with Crippen LogP contribution in [-0.2, 0) is 0 Å². The molecule has 4 nitrogen and oxygen atoms in total. The van der Waals surface area contributed by atoms with Crippen molar-refractivity contribution in [2.24, 2.45) is 5.92 Å². The minimum atomic E-state index is 0.591. The van der Waals surface area contributed by atoms with Crippen LogP contribution in [0.2, 0.25) is 0 Å². The van der Waals surface area contributed by atoms with Gasteiger partial charge < -0.3 is 10.2 Å². The first-order valence-electron chi connectivity index (χ1n) is 8.41. The number of anilines is 2. The lowest BCUT2D eigenvalue weighted by Gasteiger charge is -2.37. The Morgan fingerprint density at radius 2 is 1.81 bits per heavy atom. The van der Waals surface area contributed by atoms with Crippen LogP contribution >= 0.6 is 0 Å². The van der Waals surface area contributed by atoms with Gasteiger partial charge in [-0.2, -0.15) is 0 Å². The summed E-state index contributed by atoms with van der Waals surface area (Å²) in [6.07, 6.45) is 7.84. The van der Waals surface area contributed by atoms with E-state index in [9.17, 15) is 0 Å². The first kappa shape index (κ1) is 14.6. The molecule has 2 unspecified atom stereocenters. The third-order valence-corrected chi connectivity index (χ3v) is 5.21. The van der Waals surface area contributed by atoms with E-state index in [1.165, 1.54) is 44.1 Å². The van der Waals surface area contributed by atoms with Crippen molar-refractivity contribution in [3.8, 4) is 0 Å². The van der Waals surface area contributed by atoms with Crippen LogP contribution in [0.1, 0.15) is 62.8 Å². The fourth-order valence-electron chi connectivity index (χ4n) is 3.66. The summed E-state index contributed by atoms with van der Waals surface area (Å²) in [5.41, 5.74) is 1.18. The molecule has 2 aliphatic carbocycles. The lowest BCUT2D eigenvalue weighted by molar-refractivity contribution is 0.320. The van der Waals surface area contributed by atoms with E-state index in [0.717, 1.165) is 23.4 Å². The molecular formula is C17H28N4. The van der Waals surface area contributed by atoms with Gasteiger partial charge in [0.1, 0.15) is 17.5 Å². The SMILES string of the molecule is CNc1nc(C2CC2)nc(N(C)C2CCCCC2C)c1C. The predicted molar refractivity (Wildman–Crippen MR) is 88.1 cm³/mol. The molecule has 0 aromatic carbocycles. The van der Waals surface area contributed by atoms with Crippen molar-refractivity contribution >= 4 is 11.6 Å². The van der Waals surface area contributed by atoms with Gasteiger partial charge in [-0.3, -0.25) is 0 Å². The van der Waals surface area contributed by atoms with Gasteiger partial charge in [0.15, 0.2) is 0 Å². The quantitative estimate of drug-likeness (QED) is 0.917. The van der Waals surface area contributed by atoms with E-state index in [2.05, 4.69) is 31.1 Å². The maximum atomic E-state index is 4.93. The van der Waals surface area contributed by atoms with Gasteiger partial charge in [-0.15, -0.1) is 0 Å². The Morgan fingerprint density at radius 3 is 2.43 bits per heavy atom. The molecule has 1 aromatic heterocycles. The van der Waals surface area contributed by atoms with Gasteiger partial charge in [0, 0.05) is 31.6 Å². The molecule has 4 heteroatoms. The standard InChI is InChI=1S/C17H28N4/c1-11-7-5-6-8-14(11)21(4)17-12(2)15(18-3)19-16(20-17)13-9-10-13/h11,13-14H,5-10H2,1-4H3,(H,18,19,20). The number of nitrogens with zero attached hydrogens (tertiary/aromatic N) is 3. The van der Waals surface area contributed by atoms with Crippen LogP contribution in [0.4, 0.5) is 11.6 Å². The van der Waals surface area contributed by atoms with Crippen molar-refractivity contribution in [1.82, 2.24) is 9.97 Å². The number of rotatable bonds is 4. The third kappa shape index (κ3) is 2.85. The molecule has 0 spiro atoms. The second-order valence-electron chi connectivity index (χ2n) is 6.84. The molecule has 0 saturated heterocycles. The van der Waals surface area contributed by atoms with E-state index in [0.29, 0.717) is 12.0 Å². The molecule has 0 aliphatic heterocycles. The van der Waals surface area contributed by atoms with E-state index in [1.807, 2.05) is 7.05 Å². The predicted octanol–water partition coefficient (Wildman–Crippen LogP) is 3.72. The lowest BCUT2D eigenvalue weighted by Crippen LogP contribution is -2.40. The van der Waals surface area contributed by atoms with Crippen molar-refractivity contribution in [3.05, 3.63) is 11.4 Å². The van der Waals surface area contributed by atoms with E-state index in [1.54, 1.807) is 0 Å². The summed E-state index contributed by atoms with van der Waals surface area (Å²) in [6.45, 7) is 4.53. The zero-order valence-electron chi connectivity index (χ0n) is 13.8. The number of aromatic nitrogens is 2. The van der Waals surface area contributed by atoms with E-state index < -0.39 is 0 Å². The number of hydrogen-bond acceptors (Lipinski definition) is 4. The van der Waals surface area contributed by atoms with Gasteiger partial charge in [0.2, 0.25) is 0 Å². The molecule has 21 heavy (non-hydrogen) atoms. The highest BCUT2D eigenvalue weighted by Crippen LogP contribution is 2.40. The van der Waals surface area contributed by atoms with Crippen LogP contribution in [0.3, 0.4) is 0 Å². The Bertz CT molecular complexity index is 510. The molecule has 0 bridgehead atoms. The summed E-state index contributed by atoms with van der Waals surface area (Å²) in [5, 5.41) is 3.25. The maximum absolute atomic E-state index is 4.93. The van der Waals surface area contributed by atoms with Gasteiger partial charge >= 0.3 is 0 Å². The topological polar surface area (TPSA) is 41.1 Å². The summed E-state index contributed by atoms with van der Waals surface area (Å²) >= 11 is 0. The van der Waals surface area contributed by atoms with Crippen LogP contribution in [0.25, 0.3) is 0 Å². The molecule has 2 aliphatic rings. The van der Waals surface area contributed by atoms with Crippen LogP contribution in [-0.4, -0.2) is 30.1 Å². The molecule has 1 aromatic rings. The van der Waals surface area contributed by atoms with Crippen molar-refractivity contribution in [1.29, 1.82) is 0 Å². The van der Waals surface area contributed by atoms with Gasteiger partial charge in [-0.25, -0.2) is 9.97 Å². The fraction of sp³-hybridized carbons (Fsp3) is 0.765. The van der Waals surface area contributed by atoms with E-state index >= 15 is 0 Å². The fourth-order valence-corrected chi connectivity index (χ4v) is 3.66. The minimum absolute atomic E-state index is 0.591. The minimum Gasteiger partial charge on any atom is -0.373 e. The zero-order valence-corrected chi connectivity index (χ0v) is 13.8. The van der Waals surface area contributed by atoms with Crippen molar-refractivity contribution < 1.29 is 0 Å². The maximum Gasteiger partial charge on any atom is 0.137 e. The average molecular weight is 288 g/mol. The molecule has 1 N–H and O–H groups in total. The van der Waals surface area contributed by atoms with Crippen LogP contribution in [0, 0.1) is 12.8 Å². The number of hydrogen-bond donors (Lipinski definition) is 1. The summed E-state index contributed by atoms with van der Waals surface area (Å²) < 4.78 is 0. The van der Waals surface area contributed by atoms with Gasteiger partial charge in [-0.1, -0.05) is 19.8 Å². The summed E-state index contributed by atoms with van der Waals surface area (Å²) in [6, 6.07) is 0.615. The second-order valence-corrected chi connectivity index (χ2v) is 6.84. The molecule has 2 atom stereocenters. The summed E-state index contributed by atoms with van der Waals surface area (Å²) in [7, 11) is 4.18. The summed E-state index contributed by atoms with van der Waals surface area (Å²) in [4.78, 5) is 12.1. The molecule has 3 rings (SSSR count). The van der Waals surface area contributed by atoms with E-state index in [4.69, 9.17) is 9.97 Å². The van der Waals surface area contributed by atoms with E-state index in [-0.39, 0.29) is 0 Å². The highest BCUT2D eigenvalue weighted by Gasteiger charge is 2.31. The monoisotopic (exact) mass is 288 g/mol. The highest BCUT2D eigenvalue weighted by molar-refractivity contribution is 5.59. The Morgan fingerprint density at radius 1 is 1.10 bits per heavy atom. The Balaban J connectivity index is 1.93. The van der Waals surface area contributed by atoms with Crippen molar-refractivity contribution in [2.75, 3.05) is 24.3 Å². The average Bonchev–Trinajstić information content (AvgIpc) is 3.32. The highest BCUT2D eigenvalue weighted by atomic mass is 15.2. The first-order valence-corrected chi connectivity index (χ1v) is 8.41. The van der Waals surface area contributed by atoms with Crippen molar-refractivity contribution in [2.45, 2.75) is 64.3 Å². The zero-order chi connectivity index (χ0) is 15.0. The Kier molecular flexibility index (Phi) is 4.05. The molecule has 0 amide bonds. The van der Waals surface area contributed by atoms with Gasteiger partial charge in [0.05, 0.1) is 0 Å². The van der Waals surface area contributed by atoms with Crippen LogP contribution < -0.4 is 10.2 Å².